The molecule has 3 rings (SSSR count). The van der Waals surface area contributed by atoms with E-state index >= 15 is 0 Å². The summed E-state index contributed by atoms with van der Waals surface area (Å²) >= 11 is 0. The lowest BCUT2D eigenvalue weighted by atomic mass is 9.95. The van der Waals surface area contributed by atoms with Crippen LogP contribution < -0.4 is 5.32 Å². The van der Waals surface area contributed by atoms with Crippen LogP contribution in [0.1, 0.15) is 42.9 Å². The van der Waals surface area contributed by atoms with Crippen LogP contribution in [0.2, 0.25) is 0 Å². The lowest BCUT2D eigenvalue weighted by Gasteiger charge is -2.26. The second-order valence-electron chi connectivity index (χ2n) is 5.10. The molecule has 0 spiro atoms. The lowest BCUT2D eigenvalue weighted by molar-refractivity contribution is 0.438. The molecule has 18 heavy (non-hydrogen) atoms. The van der Waals surface area contributed by atoms with E-state index in [4.69, 9.17) is 0 Å². The van der Waals surface area contributed by atoms with Crippen molar-refractivity contribution >= 4 is 0 Å². The molecular weight excluding hydrogens is 224 g/mol. The maximum absolute atomic E-state index is 4.28. The molecule has 0 aliphatic carbocycles. The molecule has 0 amide bonds. The predicted molar refractivity (Wildman–Crippen MR) is 70.1 cm³/mol. The van der Waals surface area contributed by atoms with Gasteiger partial charge in [-0.2, -0.15) is 0 Å². The Labute approximate surface area is 107 Å². The van der Waals surface area contributed by atoms with Gasteiger partial charge in [0.05, 0.1) is 6.04 Å². The molecule has 2 aromatic rings. The van der Waals surface area contributed by atoms with Crippen LogP contribution in [0, 0.1) is 0 Å². The Morgan fingerprint density at radius 3 is 2.83 bits per heavy atom. The van der Waals surface area contributed by atoms with Crippen LogP contribution in [-0.4, -0.2) is 14.8 Å². The first-order chi connectivity index (χ1) is 8.75. The Hall–Kier alpha value is -1.68. The zero-order valence-electron chi connectivity index (χ0n) is 10.8. The Morgan fingerprint density at radius 1 is 1.28 bits per heavy atom. The molecule has 1 aromatic carbocycles. The third kappa shape index (κ3) is 1.93. The number of fused-ring (bicyclic) bond motifs is 1. The highest BCUT2D eigenvalue weighted by atomic mass is 15.3. The quantitative estimate of drug-likeness (QED) is 0.878. The lowest BCUT2D eigenvalue weighted by Crippen LogP contribution is -2.31. The Balaban J connectivity index is 1.90. The summed E-state index contributed by atoms with van der Waals surface area (Å²) in [7, 11) is 0. The van der Waals surface area contributed by atoms with Crippen molar-refractivity contribution in [1.82, 2.24) is 20.1 Å². The van der Waals surface area contributed by atoms with Gasteiger partial charge in [0.15, 0.2) is 5.82 Å². The van der Waals surface area contributed by atoms with E-state index in [1.54, 1.807) is 0 Å². The Kier molecular flexibility index (Phi) is 2.88. The Morgan fingerprint density at radius 2 is 2.06 bits per heavy atom. The fourth-order valence-corrected chi connectivity index (χ4v) is 2.54. The van der Waals surface area contributed by atoms with Crippen LogP contribution in [0.4, 0.5) is 0 Å². The van der Waals surface area contributed by atoms with Gasteiger partial charge in [0, 0.05) is 12.6 Å². The SMILES string of the molecule is CC(C)n1cnnc1[C@@H]1Cc2ccccc2CN1. The van der Waals surface area contributed by atoms with Gasteiger partial charge >= 0.3 is 0 Å². The highest BCUT2D eigenvalue weighted by molar-refractivity contribution is 5.30. The summed E-state index contributed by atoms with van der Waals surface area (Å²) in [6.07, 6.45) is 2.81. The van der Waals surface area contributed by atoms with Crippen molar-refractivity contribution in [2.45, 2.75) is 38.9 Å². The van der Waals surface area contributed by atoms with Crippen LogP contribution in [0.5, 0.6) is 0 Å². The zero-order valence-corrected chi connectivity index (χ0v) is 10.8. The number of hydrogen-bond acceptors (Lipinski definition) is 3. The average Bonchev–Trinajstić information content (AvgIpc) is 2.87. The molecular formula is C14H18N4. The molecule has 0 saturated heterocycles. The third-order valence-electron chi connectivity index (χ3n) is 3.55. The van der Waals surface area contributed by atoms with Gasteiger partial charge in [-0.1, -0.05) is 24.3 Å². The molecule has 0 fully saturated rings. The monoisotopic (exact) mass is 242 g/mol. The molecule has 4 heteroatoms. The summed E-state index contributed by atoms with van der Waals surface area (Å²) in [5.74, 6) is 1.04. The fraction of sp³-hybridized carbons (Fsp3) is 0.429. The van der Waals surface area contributed by atoms with Crippen molar-refractivity contribution in [3.05, 3.63) is 47.5 Å². The smallest absolute Gasteiger partial charge is 0.150 e. The van der Waals surface area contributed by atoms with Gasteiger partial charge in [0.2, 0.25) is 0 Å². The molecule has 1 aliphatic rings. The molecule has 0 bridgehead atoms. The van der Waals surface area contributed by atoms with Crippen LogP contribution in [-0.2, 0) is 13.0 Å². The minimum absolute atomic E-state index is 0.268. The summed E-state index contributed by atoms with van der Waals surface area (Å²) in [6.45, 7) is 5.22. The van der Waals surface area contributed by atoms with E-state index in [2.05, 4.69) is 58.2 Å². The van der Waals surface area contributed by atoms with Crippen molar-refractivity contribution in [3.63, 3.8) is 0 Å². The first-order valence-corrected chi connectivity index (χ1v) is 6.45. The average molecular weight is 242 g/mol. The number of rotatable bonds is 2. The van der Waals surface area contributed by atoms with Crippen LogP contribution in [0.25, 0.3) is 0 Å². The maximum Gasteiger partial charge on any atom is 0.150 e. The molecule has 1 N–H and O–H groups in total. The first-order valence-electron chi connectivity index (χ1n) is 6.45. The summed E-state index contributed by atoms with van der Waals surface area (Å²) in [6, 6.07) is 9.26. The zero-order chi connectivity index (χ0) is 12.5. The Bertz CT molecular complexity index is 544. The van der Waals surface area contributed by atoms with Crippen LogP contribution in [0.15, 0.2) is 30.6 Å². The van der Waals surface area contributed by atoms with E-state index in [0.29, 0.717) is 6.04 Å². The maximum atomic E-state index is 4.28. The number of benzene rings is 1. The molecule has 94 valence electrons. The van der Waals surface area contributed by atoms with Gasteiger partial charge in [-0.05, 0) is 31.4 Å². The molecule has 1 atom stereocenters. The molecule has 2 heterocycles. The summed E-state index contributed by atoms with van der Waals surface area (Å²) in [4.78, 5) is 0. The standard InChI is InChI=1S/C14H18N4/c1-10(2)18-9-16-17-14(18)13-7-11-5-3-4-6-12(11)8-15-13/h3-6,9-10,13,15H,7-8H2,1-2H3/t13-/m0/s1. The highest BCUT2D eigenvalue weighted by Gasteiger charge is 2.23. The molecule has 4 nitrogen and oxygen atoms in total. The second kappa shape index (κ2) is 4.53. The molecule has 0 radical (unpaired) electrons. The summed E-state index contributed by atoms with van der Waals surface area (Å²) in [5, 5.41) is 11.9. The number of nitrogens with zero attached hydrogens (tertiary/aromatic N) is 3. The summed E-state index contributed by atoms with van der Waals surface area (Å²) < 4.78 is 2.14. The van der Waals surface area contributed by atoms with E-state index in [1.807, 2.05) is 6.33 Å². The van der Waals surface area contributed by atoms with Crippen LogP contribution in [0.3, 0.4) is 0 Å². The number of nitrogens with one attached hydrogen (secondary N) is 1. The molecule has 1 aromatic heterocycles. The first kappa shape index (κ1) is 11.4. The number of aromatic nitrogens is 3. The van der Waals surface area contributed by atoms with Crippen molar-refractivity contribution < 1.29 is 0 Å². The van der Waals surface area contributed by atoms with E-state index in [0.717, 1.165) is 18.8 Å². The van der Waals surface area contributed by atoms with Crippen molar-refractivity contribution in [2.24, 2.45) is 0 Å². The highest BCUT2D eigenvalue weighted by Crippen LogP contribution is 2.25. The largest absolute Gasteiger partial charge is 0.314 e. The van der Waals surface area contributed by atoms with Gasteiger partial charge in [0.25, 0.3) is 0 Å². The van der Waals surface area contributed by atoms with E-state index in [9.17, 15) is 0 Å². The van der Waals surface area contributed by atoms with Gasteiger partial charge < -0.3 is 9.88 Å². The summed E-state index contributed by atoms with van der Waals surface area (Å²) in [5.41, 5.74) is 2.81. The van der Waals surface area contributed by atoms with Crippen molar-refractivity contribution in [1.29, 1.82) is 0 Å². The molecule has 0 saturated carbocycles. The van der Waals surface area contributed by atoms with Gasteiger partial charge in [-0.25, -0.2) is 0 Å². The van der Waals surface area contributed by atoms with Gasteiger partial charge in [0.1, 0.15) is 6.33 Å². The van der Waals surface area contributed by atoms with Crippen LogP contribution >= 0.6 is 0 Å². The minimum atomic E-state index is 0.268. The fourth-order valence-electron chi connectivity index (χ4n) is 2.54. The normalized spacial score (nSPS) is 18.9. The van der Waals surface area contributed by atoms with Crippen molar-refractivity contribution in [3.8, 4) is 0 Å². The molecule has 1 aliphatic heterocycles. The van der Waals surface area contributed by atoms with E-state index in [1.165, 1.54) is 11.1 Å². The van der Waals surface area contributed by atoms with Crippen molar-refractivity contribution in [2.75, 3.05) is 0 Å². The van der Waals surface area contributed by atoms with E-state index in [-0.39, 0.29) is 6.04 Å². The topological polar surface area (TPSA) is 42.7 Å². The minimum Gasteiger partial charge on any atom is -0.314 e. The molecule has 0 unspecified atom stereocenters. The van der Waals surface area contributed by atoms with E-state index < -0.39 is 0 Å². The number of hydrogen-bond donors (Lipinski definition) is 1. The predicted octanol–water partition coefficient (Wildman–Crippen LogP) is 2.25. The van der Waals surface area contributed by atoms with Gasteiger partial charge in [-0.3, -0.25) is 0 Å². The third-order valence-corrected chi connectivity index (χ3v) is 3.55. The second-order valence-corrected chi connectivity index (χ2v) is 5.10. The van der Waals surface area contributed by atoms with Gasteiger partial charge in [-0.15, -0.1) is 10.2 Å².